The first-order chi connectivity index (χ1) is 25.0. The van der Waals surface area contributed by atoms with Gasteiger partial charge < -0.3 is 14.0 Å². The number of amides is 1. The number of benzene rings is 4. The maximum atomic E-state index is 14.3. The van der Waals surface area contributed by atoms with Crippen LogP contribution in [0.3, 0.4) is 0 Å². The number of piperazine rings is 1. The Balaban J connectivity index is 1.15. The van der Waals surface area contributed by atoms with Crippen LogP contribution in [0, 0.1) is 5.82 Å². The summed E-state index contributed by atoms with van der Waals surface area (Å²) in [6.45, 7) is 1.61. The third-order valence-electron chi connectivity index (χ3n) is 9.27. The zero-order chi connectivity index (χ0) is 36.5. The molecule has 6 aromatic rings. The Kier molecular flexibility index (Phi) is 9.62. The van der Waals surface area contributed by atoms with E-state index in [0.29, 0.717) is 53.3 Å². The molecule has 0 saturated carbocycles. The molecule has 0 aliphatic carbocycles. The minimum Gasteiger partial charge on any atom is -0.379 e. The van der Waals surface area contributed by atoms with Gasteiger partial charge >= 0.3 is 10.1 Å². The van der Waals surface area contributed by atoms with Gasteiger partial charge in [0.05, 0.1) is 4.90 Å². The summed E-state index contributed by atoms with van der Waals surface area (Å²) < 4.78 is 75.3. The van der Waals surface area contributed by atoms with Crippen molar-refractivity contribution in [1.82, 2.24) is 19.2 Å². The lowest BCUT2D eigenvalue weighted by molar-refractivity contribution is -0.135. The Hall–Kier alpha value is -5.44. The predicted molar refractivity (Wildman–Crippen MR) is 195 cm³/mol. The molecule has 52 heavy (non-hydrogen) atoms. The van der Waals surface area contributed by atoms with E-state index in [1.807, 2.05) is 4.90 Å². The summed E-state index contributed by atoms with van der Waals surface area (Å²) in [6, 6.07) is 24.2. The number of aromatic nitrogens is 2. The number of halogens is 1. The molecule has 14 heteroatoms. The molecule has 1 aliphatic rings. The van der Waals surface area contributed by atoms with Crippen molar-refractivity contribution in [2.45, 2.75) is 22.3 Å². The Morgan fingerprint density at radius 1 is 0.769 bits per heavy atom. The number of likely N-dealkylation sites (N-methyl/N-ethyl adjacent to an activating group) is 1. The Morgan fingerprint density at radius 3 is 1.96 bits per heavy atom. The van der Waals surface area contributed by atoms with Crippen molar-refractivity contribution < 1.29 is 30.2 Å². The van der Waals surface area contributed by atoms with E-state index in [-0.39, 0.29) is 33.7 Å². The average molecular weight is 740 g/mol. The number of carbonyl (C=O) groups is 1. The Morgan fingerprint density at radius 2 is 1.35 bits per heavy atom. The number of rotatable bonds is 10. The zero-order valence-electron chi connectivity index (χ0n) is 28.0. The van der Waals surface area contributed by atoms with Crippen molar-refractivity contribution in [1.29, 1.82) is 0 Å². The maximum absolute atomic E-state index is 14.3. The molecule has 1 atom stereocenters. The van der Waals surface area contributed by atoms with Crippen LogP contribution < -0.4 is 9.08 Å². The quantitative estimate of drug-likeness (QED) is 0.173. The van der Waals surface area contributed by atoms with Gasteiger partial charge in [-0.2, -0.15) is 12.7 Å². The zero-order valence-corrected chi connectivity index (χ0v) is 29.7. The number of pyridine rings is 2. The number of carbonyl (C=O) groups excluding carboxylic acids is 1. The summed E-state index contributed by atoms with van der Waals surface area (Å²) in [5.74, 6) is -0.657. The van der Waals surface area contributed by atoms with Crippen molar-refractivity contribution in [2.75, 3.05) is 38.1 Å². The van der Waals surface area contributed by atoms with E-state index in [1.54, 1.807) is 78.0 Å². The molecule has 7 rings (SSSR count). The molecule has 1 fully saturated rings. The first kappa shape index (κ1) is 35.0. The number of fused-ring (bicyclic) bond motifs is 2. The van der Waals surface area contributed by atoms with Gasteiger partial charge in [-0.1, -0.05) is 36.4 Å². The highest BCUT2D eigenvalue weighted by molar-refractivity contribution is 7.89. The lowest BCUT2D eigenvalue weighted by Gasteiger charge is -2.39. The van der Waals surface area contributed by atoms with E-state index in [2.05, 4.69) is 9.97 Å². The Bertz CT molecular complexity index is 2460. The second kappa shape index (κ2) is 14.3. The van der Waals surface area contributed by atoms with Crippen LogP contribution in [-0.4, -0.2) is 81.2 Å². The van der Waals surface area contributed by atoms with E-state index >= 15 is 0 Å². The van der Waals surface area contributed by atoms with Gasteiger partial charge in [0, 0.05) is 85.2 Å². The van der Waals surface area contributed by atoms with E-state index in [9.17, 15) is 26.0 Å². The lowest BCUT2D eigenvalue weighted by atomic mass is 10.0. The third-order valence-corrected chi connectivity index (χ3v) is 12.5. The number of hydrogen-bond acceptors (Lipinski definition) is 9. The largest absolute Gasteiger partial charge is 0.379 e. The lowest BCUT2D eigenvalue weighted by Crippen LogP contribution is -2.56. The van der Waals surface area contributed by atoms with Crippen LogP contribution in [0.5, 0.6) is 5.75 Å². The SMILES string of the molecule is CN([C@@H](Cc1ccc(OS(=O)(=O)c2cccc3cnccc23)cc1)C(=O)N1CCN(c2ccc(F)cc2)CC1)S(=O)(=O)c1cccc2cnccc12. The molecular weight excluding hydrogens is 706 g/mol. The van der Waals surface area contributed by atoms with Gasteiger partial charge in [-0.3, -0.25) is 14.8 Å². The monoisotopic (exact) mass is 739 g/mol. The van der Waals surface area contributed by atoms with Gasteiger partial charge in [0.1, 0.15) is 22.5 Å². The molecule has 2 aromatic heterocycles. The highest BCUT2D eigenvalue weighted by Crippen LogP contribution is 2.29. The van der Waals surface area contributed by atoms with Crippen LogP contribution in [0.4, 0.5) is 10.1 Å². The molecule has 0 spiro atoms. The molecule has 0 unspecified atom stereocenters. The summed E-state index contributed by atoms with van der Waals surface area (Å²) in [6.07, 6.45) is 6.18. The number of nitrogens with zero attached hydrogens (tertiary/aromatic N) is 5. The normalized spacial score (nSPS) is 14.5. The summed E-state index contributed by atoms with van der Waals surface area (Å²) in [5.41, 5.74) is 1.42. The molecule has 3 heterocycles. The number of hydrogen-bond donors (Lipinski definition) is 0. The van der Waals surface area contributed by atoms with Gasteiger partial charge in [-0.25, -0.2) is 12.8 Å². The topological polar surface area (TPSA) is 130 Å². The van der Waals surface area contributed by atoms with Crippen LogP contribution in [-0.2, 0) is 31.4 Å². The van der Waals surface area contributed by atoms with Crippen molar-refractivity contribution in [2.24, 2.45) is 0 Å². The molecule has 4 aromatic carbocycles. The molecular formula is C38H34FN5O6S2. The Labute approximate surface area is 301 Å². The van der Waals surface area contributed by atoms with Crippen molar-refractivity contribution >= 4 is 53.3 Å². The molecule has 0 radical (unpaired) electrons. The van der Waals surface area contributed by atoms with Gasteiger partial charge in [0.15, 0.2) is 0 Å². The molecule has 0 N–H and O–H groups in total. The van der Waals surface area contributed by atoms with Crippen molar-refractivity contribution in [3.8, 4) is 5.75 Å². The van der Waals surface area contributed by atoms with Crippen LogP contribution in [0.25, 0.3) is 21.5 Å². The van der Waals surface area contributed by atoms with Crippen LogP contribution >= 0.6 is 0 Å². The van der Waals surface area contributed by atoms with Gasteiger partial charge in [0.2, 0.25) is 15.9 Å². The average Bonchev–Trinajstić information content (AvgIpc) is 3.17. The highest BCUT2D eigenvalue weighted by Gasteiger charge is 2.37. The highest BCUT2D eigenvalue weighted by atomic mass is 32.2. The summed E-state index contributed by atoms with van der Waals surface area (Å²) in [7, 11) is -7.02. The van der Waals surface area contributed by atoms with Crippen molar-refractivity contribution in [3.05, 3.63) is 133 Å². The summed E-state index contributed by atoms with van der Waals surface area (Å²) >= 11 is 0. The predicted octanol–water partition coefficient (Wildman–Crippen LogP) is 5.27. The summed E-state index contributed by atoms with van der Waals surface area (Å²) in [5, 5.41) is 2.24. The van der Waals surface area contributed by atoms with E-state index in [4.69, 9.17) is 4.18 Å². The first-order valence-corrected chi connectivity index (χ1v) is 19.3. The molecule has 266 valence electrons. The van der Waals surface area contributed by atoms with Gasteiger partial charge in [-0.15, -0.1) is 0 Å². The number of sulfonamides is 1. The first-order valence-electron chi connectivity index (χ1n) is 16.5. The standard InChI is InChI=1S/C38H34FN5O6S2/c1-42(51(46,47)36-6-2-4-28-25-40-18-16-33(28)36)35(38(45)44-22-20-43(21-23-44)31-12-10-30(39)11-13-31)24-27-8-14-32(15-9-27)50-52(48,49)37-7-3-5-29-26-41-19-17-34(29)37/h2-19,25-26,35H,20-24H2,1H3/t35-/m0/s1. The molecule has 1 amide bonds. The van der Waals surface area contributed by atoms with Crippen molar-refractivity contribution in [3.63, 3.8) is 0 Å². The number of anilines is 1. The fourth-order valence-electron chi connectivity index (χ4n) is 6.45. The maximum Gasteiger partial charge on any atom is 0.339 e. The van der Waals surface area contributed by atoms with Gasteiger partial charge in [0.25, 0.3) is 0 Å². The molecule has 1 saturated heterocycles. The van der Waals surface area contributed by atoms with E-state index in [1.165, 1.54) is 55.8 Å². The minimum atomic E-state index is -4.22. The van der Waals surface area contributed by atoms with E-state index < -0.39 is 26.2 Å². The smallest absolute Gasteiger partial charge is 0.339 e. The summed E-state index contributed by atoms with van der Waals surface area (Å²) in [4.78, 5) is 26.2. The molecule has 0 bridgehead atoms. The minimum absolute atomic E-state index is 0.00212. The second-order valence-corrected chi connectivity index (χ2v) is 15.9. The fourth-order valence-corrected chi connectivity index (χ4v) is 9.13. The fraction of sp³-hybridized carbons (Fsp3) is 0.184. The molecule has 11 nitrogen and oxygen atoms in total. The van der Waals surface area contributed by atoms with Crippen LogP contribution in [0.1, 0.15) is 5.56 Å². The molecule has 1 aliphatic heterocycles. The van der Waals surface area contributed by atoms with E-state index in [0.717, 1.165) is 9.99 Å². The van der Waals surface area contributed by atoms with Gasteiger partial charge in [-0.05, 0) is 72.6 Å². The van der Waals surface area contributed by atoms with Crippen LogP contribution in [0.15, 0.2) is 132 Å². The van der Waals surface area contributed by atoms with Crippen LogP contribution in [0.2, 0.25) is 0 Å². The third kappa shape index (κ3) is 7.04. The second-order valence-electron chi connectivity index (χ2n) is 12.4.